The molecular formula is C18H24ClN5S. The fraction of sp³-hybridized carbons (Fsp3) is 0.444. The minimum Gasteiger partial charge on any atom is -0.368 e. The molecule has 0 atom stereocenters. The number of rotatable bonds is 3. The number of hydrogen-bond acceptors (Lipinski definition) is 6. The Morgan fingerprint density at radius 2 is 1.84 bits per heavy atom. The van der Waals surface area contributed by atoms with Crippen LogP contribution in [0.2, 0.25) is 0 Å². The van der Waals surface area contributed by atoms with Crippen LogP contribution in [0.25, 0.3) is 0 Å². The number of piperidine rings is 1. The largest absolute Gasteiger partial charge is 0.368 e. The van der Waals surface area contributed by atoms with Crippen molar-refractivity contribution in [1.82, 2.24) is 15.3 Å². The Balaban J connectivity index is 0.00000182. The van der Waals surface area contributed by atoms with Crippen LogP contribution in [0.5, 0.6) is 0 Å². The Morgan fingerprint density at radius 1 is 1.08 bits per heavy atom. The van der Waals surface area contributed by atoms with E-state index in [0.717, 1.165) is 41.9 Å². The molecule has 0 bridgehead atoms. The van der Waals surface area contributed by atoms with Crippen LogP contribution in [0.3, 0.4) is 0 Å². The lowest BCUT2D eigenvalue weighted by Crippen LogP contribution is -2.38. The van der Waals surface area contributed by atoms with Crippen LogP contribution in [0.15, 0.2) is 46.3 Å². The number of anilines is 2. The molecule has 2 aliphatic heterocycles. The SMILES string of the molecule is Cl.Nc1nc(Sc2ccccc2)cc(N2CCC3(CCNCC3)C2)n1. The first-order chi connectivity index (χ1) is 11.7. The van der Waals surface area contributed by atoms with Crippen LogP contribution in [0.4, 0.5) is 11.8 Å². The third-order valence-corrected chi connectivity index (χ3v) is 6.02. The topological polar surface area (TPSA) is 67.1 Å². The van der Waals surface area contributed by atoms with E-state index in [-0.39, 0.29) is 12.4 Å². The molecule has 0 unspecified atom stereocenters. The molecule has 2 saturated heterocycles. The number of nitrogens with one attached hydrogen (secondary N) is 1. The van der Waals surface area contributed by atoms with Gasteiger partial charge in [-0.1, -0.05) is 30.0 Å². The summed E-state index contributed by atoms with van der Waals surface area (Å²) < 4.78 is 0. The van der Waals surface area contributed by atoms with E-state index in [1.807, 2.05) is 18.2 Å². The van der Waals surface area contributed by atoms with E-state index < -0.39 is 0 Å². The summed E-state index contributed by atoms with van der Waals surface area (Å²) in [6.45, 7) is 4.41. The van der Waals surface area contributed by atoms with Crippen LogP contribution in [0.1, 0.15) is 19.3 Å². The lowest BCUT2D eigenvalue weighted by molar-refractivity contribution is 0.232. The second kappa shape index (κ2) is 7.81. The molecule has 0 saturated carbocycles. The Hall–Kier alpha value is -1.50. The lowest BCUT2D eigenvalue weighted by Gasteiger charge is -2.33. The highest BCUT2D eigenvalue weighted by molar-refractivity contribution is 7.99. The molecule has 7 heteroatoms. The molecule has 0 aliphatic carbocycles. The van der Waals surface area contributed by atoms with Crippen LogP contribution in [-0.2, 0) is 0 Å². The number of halogens is 1. The van der Waals surface area contributed by atoms with Crippen molar-refractivity contribution < 1.29 is 0 Å². The molecule has 4 rings (SSSR count). The van der Waals surface area contributed by atoms with Gasteiger partial charge in [-0.05, 0) is 49.9 Å². The van der Waals surface area contributed by atoms with E-state index in [4.69, 9.17) is 5.73 Å². The first-order valence-electron chi connectivity index (χ1n) is 8.56. The summed E-state index contributed by atoms with van der Waals surface area (Å²) in [6.07, 6.45) is 3.77. The van der Waals surface area contributed by atoms with Crippen LogP contribution in [0, 0.1) is 5.41 Å². The van der Waals surface area contributed by atoms with Crippen molar-refractivity contribution in [1.29, 1.82) is 0 Å². The van der Waals surface area contributed by atoms with Gasteiger partial charge in [0.25, 0.3) is 0 Å². The number of benzene rings is 1. The molecule has 2 aromatic rings. The molecule has 0 amide bonds. The van der Waals surface area contributed by atoms with Crippen LogP contribution in [-0.4, -0.2) is 36.1 Å². The zero-order valence-corrected chi connectivity index (χ0v) is 15.8. The standard InChI is InChI=1S/C18H23N5S.ClH/c19-17-21-15(12-16(22-17)24-14-4-2-1-3-5-14)23-11-8-18(13-23)6-9-20-10-7-18;/h1-5,12,20H,6-11,13H2,(H2,19,21,22);1H. The molecule has 3 heterocycles. The zero-order chi connectivity index (χ0) is 16.4. The van der Waals surface area contributed by atoms with Crippen molar-refractivity contribution in [3.63, 3.8) is 0 Å². The van der Waals surface area contributed by atoms with Gasteiger partial charge in [0.15, 0.2) is 0 Å². The molecule has 3 N–H and O–H groups in total. The first-order valence-corrected chi connectivity index (χ1v) is 9.37. The molecule has 2 aliphatic rings. The molecular weight excluding hydrogens is 354 g/mol. The third kappa shape index (κ3) is 4.19. The fourth-order valence-corrected chi connectivity index (χ4v) is 4.59. The Labute approximate surface area is 159 Å². The van der Waals surface area contributed by atoms with Crippen molar-refractivity contribution in [3.05, 3.63) is 36.4 Å². The summed E-state index contributed by atoms with van der Waals surface area (Å²) in [5.74, 6) is 1.33. The molecule has 1 aromatic heterocycles. The van der Waals surface area contributed by atoms with Gasteiger partial charge >= 0.3 is 0 Å². The molecule has 1 aromatic carbocycles. The summed E-state index contributed by atoms with van der Waals surface area (Å²) in [4.78, 5) is 12.4. The number of nitrogens with two attached hydrogens (primary N) is 1. The molecule has 25 heavy (non-hydrogen) atoms. The van der Waals surface area contributed by atoms with Gasteiger partial charge in [-0.2, -0.15) is 4.98 Å². The molecule has 2 fully saturated rings. The monoisotopic (exact) mass is 377 g/mol. The molecule has 134 valence electrons. The van der Waals surface area contributed by atoms with E-state index in [2.05, 4.69) is 38.4 Å². The quantitative estimate of drug-likeness (QED) is 0.800. The third-order valence-electron chi connectivity index (χ3n) is 5.10. The highest BCUT2D eigenvalue weighted by Gasteiger charge is 2.39. The normalized spacial score (nSPS) is 19.0. The lowest BCUT2D eigenvalue weighted by atomic mass is 9.78. The smallest absolute Gasteiger partial charge is 0.223 e. The summed E-state index contributed by atoms with van der Waals surface area (Å²) >= 11 is 1.63. The number of hydrogen-bond donors (Lipinski definition) is 2. The van der Waals surface area contributed by atoms with Gasteiger partial charge in [-0.15, -0.1) is 12.4 Å². The van der Waals surface area contributed by atoms with Gasteiger partial charge < -0.3 is 16.0 Å². The van der Waals surface area contributed by atoms with Gasteiger partial charge in [0.1, 0.15) is 10.8 Å². The van der Waals surface area contributed by atoms with Crippen molar-refractivity contribution in [2.75, 3.05) is 36.8 Å². The van der Waals surface area contributed by atoms with Crippen molar-refractivity contribution >= 4 is 35.9 Å². The second-order valence-electron chi connectivity index (χ2n) is 6.76. The van der Waals surface area contributed by atoms with E-state index in [1.54, 1.807) is 11.8 Å². The Kier molecular flexibility index (Phi) is 5.71. The van der Waals surface area contributed by atoms with Gasteiger partial charge in [-0.3, -0.25) is 0 Å². The van der Waals surface area contributed by atoms with Gasteiger partial charge in [0, 0.05) is 24.1 Å². The zero-order valence-electron chi connectivity index (χ0n) is 14.1. The van der Waals surface area contributed by atoms with Crippen molar-refractivity contribution in [2.24, 2.45) is 5.41 Å². The maximum absolute atomic E-state index is 5.98. The van der Waals surface area contributed by atoms with Gasteiger partial charge in [-0.25, -0.2) is 4.98 Å². The number of nitrogens with zero attached hydrogens (tertiary/aromatic N) is 3. The van der Waals surface area contributed by atoms with Crippen LogP contribution >= 0.6 is 24.2 Å². The number of nitrogen functional groups attached to an aromatic ring is 1. The minimum absolute atomic E-state index is 0. The molecule has 1 spiro atoms. The fourth-order valence-electron chi connectivity index (χ4n) is 3.75. The predicted molar refractivity (Wildman–Crippen MR) is 106 cm³/mol. The average molecular weight is 378 g/mol. The maximum atomic E-state index is 5.98. The molecule has 0 radical (unpaired) electrons. The summed E-state index contributed by atoms with van der Waals surface area (Å²) in [5, 5.41) is 4.38. The highest BCUT2D eigenvalue weighted by atomic mass is 35.5. The Morgan fingerprint density at radius 3 is 2.60 bits per heavy atom. The summed E-state index contributed by atoms with van der Waals surface area (Å²) in [7, 11) is 0. The van der Waals surface area contributed by atoms with Gasteiger partial charge in [0.2, 0.25) is 5.95 Å². The van der Waals surface area contributed by atoms with E-state index in [0.29, 0.717) is 11.4 Å². The molecule has 5 nitrogen and oxygen atoms in total. The second-order valence-corrected chi connectivity index (χ2v) is 7.85. The van der Waals surface area contributed by atoms with Gasteiger partial charge in [0.05, 0.1) is 0 Å². The minimum atomic E-state index is 0. The maximum Gasteiger partial charge on any atom is 0.223 e. The first kappa shape index (κ1) is 18.3. The van der Waals surface area contributed by atoms with Crippen LogP contribution < -0.4 is 16.0 Å². The van der Waals surface area contributed by atoms with Crippen molar-refractivity contribution in [2.45, 2.75) is 29.2 Å². The van der Waals surface area contributed by atoms with Crippen molar-refractivity contribution in [3.8, 4) is 0 Å². The number of aromatic nitrogens is 2. The average Bonchev–Trinajstić information content (AvgIpc) is 2.99. The summed E-state index contributed by atoms with van der Waals surface area (Å²) in [6, 6.07) is 12.3. The highest BCUT2D eigenvalue weighted by Crippen LogP contribution is 2.40. The summed E-state index contributed by atoms with van der Waals surface area (Å²) in [5.41, 5.74) is 6.43. The van der Waals surface area contributed by atoms with E-state index >= 15 is 0 Å². The van der Waals surface area contributed by atoms with E-state index in [1.165, 1.54) is 19.3 Å². The predicted octanol–water partition coefficient (Wildman–Crippen LogP) is 3.21. The Bertz CT molecular complexity index is 706. The van der Waals surface area contributed by atoms with E-state index in [9.17, 15) is 0 Å².